The molecule has 0 heterocycles. The van der Waals surface area contributed by atoms with E-state index in [4.69, 9.17) is 4.74 Å². The van der Waals surface area contributed by atoms with Gasteiger partial charge in [-0.05, 0) is 30.7 Å². The van der Waals surface area contributed by atoms with E-state index in [1.807, 2.05) is 37.3 Å². The molecule has 0 aliphatic carbocycles. The number of benzene rings is 3. The third kappa shape index (κ3) is 4.61. The predicted molar refractivity (Wildman–Crippen MR) is 105 cm³/mol. The van der Waals surface area contributed by atoms with Crippen LogP contribution in [0.2, 0.25) is 0 Å². The Kier molecular flexibility index (Phi) is 6.00. The normalized spacial score (nSPS) is 10.3. The molecule has 0 fully saturated rings. The van der Waals surface area contributed by atoms with Gasteiger partial charge in [-0.1, -0.05) is 60.7 Å². The summed E-state index contributed by atoms with van der Waals surface area (Å²) in [5, 5.41) is 2.88. The first-order valence-electron chi connectivity index (χ1n) is 8.87. The Labute approximate surface area is 158 Å². The lowest BCUT2D eigenvalue weighted by atomic mass is 9.98. The third-order valence-electron chi connectivity index (χ3n) is 4.11. The van der Waals surface area contributed by atoms with E-state index >= 15 is 0 Å². The number of carbonyl (C=O) groups excluding carboxylic acids is 2. The van der Waals surface area contributed by atoms with E-state index in [2.05, 4.69) is 5.32 Å². The molecule has 0 aromatic heterocycles. The van der Waals surface area contributed by atoms with Crippen molar-refractivity contribution in [3.63, 3.8) is 0 Å². The molecule has 3 rings (SSSR count). The Morgan fingerprint density at radius 2 is 1.56 bits per heavy atom. The minimum atomic E-state index is -0.281. The lowest BCUT2D eigenvalue weighted by Crippen LogP contribution is -2.25. The van der Waals surface area contributed by atoms with E-state index < -0.39 is 0 Å². The van der Waals surface area contributed by atoms with Crippen LogP contribution in [0.25, 0.3) is 0 Å². The Hall–Kier alpha value is -3.40. The number of carbonyl (C=O) groups is 2. The molecule has 0 atom stereocenters. The van der Waals surface area contributed by atoms with Gasteiger partial charge in [0.2, 0.25) is 0 Å². The standard InChI is InChI=1S/C23H21NO3/c1-2-27-19-12-8-9-17(15-19)16-24-23(26)21-14-7-6-13-20(21)22(25)18-10-4-3-5-11-18/h3-15H,2,16H2,1H3,(H,24,26). The van der Waals surface area contributed by atoms with Crippen molar-refractivity contribution < 1.29 is 14.3 Å². The summed E-state index contributed by atoms with van der Waals surface area (Å²) in [6, 6.07) is 23.4. The minimum Gasteiger partial charge on any atom is -0.494 e. The summed E-state index contributed by atoms with van der Waals surface area (Å²) in [6.45, 7) is 2.87. The van der Waals surface area contributed by atoms with Crippen LogP contribution in [0.15, 0.2) is 78.9 Å². The van der Waals surface area contributed by atoms with E-state index in [9.17, 15) is 9.59 Å². The van der Waals surface area contributed by atoms with Gasteiger partial charge in [0.05, 0.1) is 12.2 Å². The molecule has 0 aliphatic heterocycles. The van der Waals surface area contributed by atoms with Gasteiger partial charge in [0.25, 0.3) is 5.91 Å². The molecule has 3 aromatic rings. The molecule has 0 aliphatic rings. The summed E-state index contributed by atoms with van der Waals surface area (Å²) in [5.41, 5.74) is 2.25. The molecule has 0 saturated carbocycles. The van der Waals surface area contributed by atoms with Crippen LogP contribution in [-0.2, 0) is 6.54 Å². The van der Waals surface area contributed by atoms with E-state index in [1.54, 1.807) is 48.5 Å². The maximum Gasteiger partial charge on any atom is 0.252 e. The topological polar surface area (TPSA) is 55.4 Å². The van der Waals surface area contributed by atoms with Crippen LogP contribution in [-0.4, -0.2) is 18.3 Å². The lowest BCUT2D eigenvalue weighted by molar-refractivity contribution is 0.0939. The Bertz CT molecular complexity index is 935. The average Bonchev–Trinajstić information content (AvgIpc) is 2.72. The first kappa shape index (κ1) is 18.4. The van der Waals surface area contributed by atoms with Gasteiger partial charge >= 0.3 is 0 Å². The zero-order valence-electron chi connectivity index (χ0n) is 15.1. The quantitative estimate of drug-likeness (QED) is 0.642. The van der Waals surface area contributed by atoms with Gasteiger partial charge in [-0.25, -0.2) is 0 Å². The number of ketones is 1. The number of nitrogens with one attached hydrogen (secondary N) is 1. The molecule has 0 spiro atoms. The van der Waals surface area contributed by atoms with Crippen LogP contribution in [0.4, 0.5) is 0 Å². The molecule has 27 heavy (non-hydrogen) atoms. The number of amides is 1. The highest BCUT2D eigenvalue weighted by Crippen LogP contribution is 2.16. The fraction of sp³-hybridized carbons (Fsp3) is 0.130. The second-order valence-electron chi connectivity index (χ2n) is 6.00. The average molecular weight is 359 g/mol. The van der Waals surface area contributed by atoms with Gasteiger partial charge in [-0.3, -0.25) is 9.59 Å². The highest BCUT2D eigenvalue weighted by molar-refractivity contribution is 6.15. The summed E-state index contributed by atoms with van der Waals surface area (Å²) < 4.78 is 5.48. The van der Waals surface area contributed by atoms with Crippen molar-refractivity contribution in [2.24, 2.45) is 0 Å². The first-order chi connectivity index (χ1) is 13.2. The number of rotatable bonds is 7. The Balaban J connectivity index is 1.76. The van der Waals surface area contributed by atoms with E-state index in [0.717, 1.165) is 11.3 Å². The first-order valence-corrected chi connectivity index (χ1v) is 8.87. The van der Waals surface area contributed by atoms with Crippen molar-refractivity contribution in [1.82, 2.24) is 5.32 Å². The van der Waals surface area contributed by atoms with Gasteiger partial charge in [0.1, 0.15) is 5.75 Å². The van der Waals surface area contributed by atoms with Gasteiger partial charge in [-0.2, -0.15) is 0 Å². The monoisotopic (exact) mass is 359 g/mol. The summed E-state index contributed by atoms with van der Waals surface area (Å²) in [6.07, 6.45) is 0. The van der Waals surface area contributed by atoms with Gasteiger partial charge in [-0.15, -0.1) is 0 Å². The number of hydrogen-bond donors (Lipinski definition) is 1. The van der Waals surface area contributed by atoms with Crippen LogP contribution in [0.5, 0.6) is 5.75 Å². The number of ether oxygens (including phenoxy) is 1. The highest BCUT2D eigenvalue weighted by Gasteiger charge is 2.17. The summed E-state index contributed by atoms with van der Waals surface area (Å²) in [5.74, 6) is 0.320. The third-order valence-corrected chi connectivity index (χ3v) is 4.11. The zero-order valence-corrected chi connectivity index (χ0v) is 15.1. The van der Waals surface area contributed by atoms with Crippen molar-refractivity contribution in [3.8, 4) is 5.75 Å². The summed E-state index contributed by atoms with van der Waals surface area (Å²) >= 11 is 0. The van der Waals surface area contributed by atoms with Gasteiger partial charge in [0.15, 0.2) is 5.78 Å². The minimum absolute atomic E-state index is 0.167. The largest absolute Gasteiger partial charge is 0.494 e. The van der Waals surface area contributed by atoms with E-state index in [1.165, 1.54) is 0 Å². The van der Waals surface area contributed by atoms with Crippen LogP contribution < -0.4 is 10.1 Å². The second-order valence-corrected chi connectivity index (χ2v) is 6.00. The zero-order chi connectivity index (χ0) is 19.1. The fourth-order valence-corrected chi connectivity index (χ4v) is 2.81. The lowest BCUT2D eigenvalue weighted by Gasteiger charge is -2.11. The van der Waals surface area contributed by atoms with E-state index in [0.29, 0.717) is 29.8 Å². The van der Waals surface area contributed by atoms with Crippen molar-refractivity contribution in [1.29, 1.82) is 0 Å². The molecule has 1 amide bonds. The van der Waals surface area contributed by atoms with Gasteiger partial charge in [0, 0.05) is 17.7 Å². The predicted octanol–water partition coefficient (Wildman–Crippen LogP) is 4.25. The Morgan fingerprint density at radius 3 is 2.30 bits per heavy atom. The molecule has 0 unspecified atom stereocenters. The molecule has 3 aromatic carbocycles. The summed E-state index contributed by atoms with van der Waals surface area (Å²) in [4.78, 5) is 25.5. The fourth-order valence-electron chi connectivity index (χ4n) is 2.81. The molecule has 1 N–H and O–H groups in total. The van der Waals surface area contributed by atoms with Crippen LogP contribution >= 0.6 is 0 Å². The molecule has 4 nitrogen and oxygen atoms in total. The molecule has 0 radical (unpaired) electrons. The maximum absolute atomic E-state index is 12.8. The molecule has 4 heteroatoms. The molecular weight excluding hydrogens is 338 g/mol. The second kappa shape index (κ2) is 8.81. The van der Waals surface area contributed by atoms with Gasteiger partial charge < -0.3 is 10.1 Å². The van der Waals surface area contributed by atoms with Crippen molar-refractivity contribution in [3.05, 3.63) is 101 Å². The van der Waals surface area contributed by atoms with E-state index in [-0.39, 0.29) is 11.7 Å². The Morgan fingerprint density at radius 1 is 0.852 bits per heavy atom. The molecule has 0 bridgehead atoms. The summed E-state index contributed by atoms with van der Waals surface area (Å²) in [7, 11) is 0. The van der Waals surface area contributed by atoms with Crippen LogP contribution in [0.3, 0.4) is 0 Å². The van der Waals surface area contributed by atoms with Crippen LogP contribution in [0, 0.1) is 0 Å². The van der Waals surface area contributed by atoms with Crippen LogP contribution in [0.1, 0.15) is 38.8 Å². The number of hydrogen-bond acceptors (Lipinski definition) is 3. The van der Waals surface area contributed by atoms with Crippen molar-refractivity contribution in [2.45, 2.75) is 13.5 Å². The molecule has 136 valence electrons. The molecule has 0 saturated heterocycles. The van der Waals surface area contributed by atoms with Crippen molar-refractivity contribution >= 4 is 11.7 Å². The van der Waals surface area contributed by atoms with Crippen molar-refractivity contribution in [2.75, 3.05) is 6.61 Å². The molecular formula is C23H21NO3. The maximum atomic E-state index is 12.8. The smallest absolute Gasteiger partial charge is 0.252 e. The SMILES string of the molecule is CCOc1cccc(CNC(=O)c2ccccc2C(=O)c2ccccc2)c1. The highest BCUT2D eigenvalue weighted by atomic mass is 16.5.